The first kappa shape index (κ1) is 33.7. The summed E-state index contributed by atoms with van der Waals surface area (Å²) in [5.74, 6) is 3.44. The van der Waals surface area contributed by atoms with E-state index in [1.54, 1.807) is 0 Å². The Morgan fingerprint density at radius 3 is 1.68 bits per heavy atom. The zero-order valence-corrected chi connectivity index (χ0v) is 34.1. The lowest BCUT2D eigenvalue weighted by Crippen LogP contribution is -2.54. The van der Waals surface area contributed by atoms with Crippen molar-refractivity contribution in [1.29, 1.82) is 0 Å². The van der Waals surface area contributed by atoms with Crippen LogP contribution in [0.25, 0.3) is 22.3 Å². The second kappa shape index (κ2) is 10.1. The summed E-state index contributed by atoms with van der Waals surface area (Å²) in [7, 11) is 0. The van der Waals surface area contributed by atoms with Gasteiger partial charge in [-0.2, -0.15) is 0 Å². The second-order valence-corrected chi connectivity index (χ2v) is 21.2. The first-order valence-corrected chi connectivity index (χ1v) is 20.3. The van der Waals surface area contributed by atoms with Gasteiger partial charge in [0, 0.05) is 44.2 Å². The Hall–Kier alpha value is -3.86. The predicted molar refractivity (Wildman–Crippen MR) is 219 cm³/mol. The molecule has 10 rings (SSSR count). The third-order valence-corrected chi connectivity index (χ3v) is 14.7. The molecule has 0 radical (unpaired) electrons. The molecule has 4 nitrogen and oxygen atoms in total. The molecule has 0 saturated heterocycles. The Morgan fingerprint density at radius 2 is 1.04 bits per heavy atom. The van der Waals surface area contributed by atoms with Crippen molar-refractivity contribution in [3.8, 4) is 22.3 Å². The van der Waals surface area contributed by atoms with E-state index >= 15 is 0 Å². The fraction of sp³-hybridized carbons (Fsp3) is 0.500. The lowest BCUT2D eigenvalue weighted by atomic mass is 9.41. The molecule has 5 heteroatoms. The van der Waals surface area contributed by atoms with E-state index in [0.29, 0.717) is 0 Å². The zero-order valence-electron chi connectivity index (χ0n) is 34.1. The number of hydrogen-bond donors (Lipinski definition) is 0. The highest BCUT2D eigenvalue weighted by molar-refractivity contribution is 7.00. The van der Waals surface area contributed by atoms with Crippen LogP contribution in [0.1, 0.15) is 156 Å². The Kier molecular flexibility index (Phi) is 6.39. The van der Waals surface area contributed by atoms with Gasteiger partial charge in [-0.1, -0.05) is 119 Å². The molecule has 2 aliphatic heterocycles. The van der Waals surface area contributed by atoms with E-state index in [9.17, 15) is 0 Å². The Bertz CT molecular complexity index is 2370. The van der Waals surface area contributed by atoms with Crippen molar-refractivity contribution in [3.05, 3.63) is 82.7 Å². The van der Waals surface area contributed by atoms with Crippen LogP contribution in [0.4, 0.5) is 17.1 Å². The molecule has 0 spiro atoms. The van der Waals surface area contributed by atoms with Crippen molar-refractivity contribution in [3.63, 3.8) is 0 Å². The average molecular weight is 706 g/mol. The third kappa shape index (κ3) is 4.26. The van der Waals surface area contributed by atoms with E-state index in [4.69, 9.17) is 13.3 Å². The minimum Gasteiger partial charge on any atom is -0.474 e. The van der Waals surface area contributed by atoms with Crippen LogP contribution < -0.4 is 21.7 Å². The fourth-order valence-corrected chi connectivity index (χ4v) is 11.2. The van der Waals surface area contributed by atoms with Crippen LogP contribution in [-0.2, 0) is 32.5 Å². The molecule has 5 heterocycles. The van der Waals surface area contributed by atoms with Gasteiger partial charge in [-0.25, -0.2) is 0 Å². The lowest BCUT2D eigenvalue weighted by Gasteiger charge is -2.43. The maximum absolute atomic E-state index is 7.54. The van der Waals surface area contributed by atoms with Crippen molar-refractivity contribution in [2.75, 3.05) is 4.90 Å². The molecule has 0 saturated carbocycles. The summed E-state index contributed by atoms with van der Waals surface area (Å²) in [6.45, 7) is 28.7. The van der Waals surface area contributed by atoms with Gasteiger partial charge in [0.2, 0.25) is 0 Å². The van der Waals surface area contributed by atoms with Crippen LogP contribution >= 0.6 is 0 Å². The minimum absolute atomic E-state index is 0.0275. The number of fused-ring (bicyclic) bond motifs is 10. The van der Waals surface area contributed by atoms with Gasteiger partial charge in [-0.15, -0.1) is 0 Å². The van der Waals surface area contributed by atoms with Gasteiger partial charge < -0.3 is 18.2 Å². The number of nitrogens with zero attached hydrogens (tertiary/aromatic N) is 1. The van der Waals surface area contributed by atoms with Crippen LogP contribution in [0, 0.1) is 0 Å². The largest absolute Gasteiger partial charge is 0.474 e. The van der Waals surface area contributed by atoms with E-state index in [-0.39, 0.29) is 39.2 Å². The highest BCUT2D eigenvalue weighted by Crippen LogP contribution is 2.59. The number of furan rings is 3. The van der Waals surface area contributed by atoms with Crippen molar-refractivity contribution in [2.45, 2.75) is 154 Å². The fourth-order valence-electron chi connectivity index (χ4n) is 11.2. The van der Waals surface area contributed by atoms with Crippen LogP contribution in [0.5, 0.6) is 0 Å². The average Bonchev–Trinajstić information content (AvgIpc) is 3.87. The third-order valence-electron chi connectivity index (χ3n) is 14.7. The smallest absolute Gasteiger partial charge is 0.338 e. The summed E-state index contributed by atoms with van der Waals surface area (Å²) >= 11 is 0. The molecule has 0 fully saturated rings. The SMILES string of the molecule is CC1(C)CCC(C)(C)c2c(N3c4ccc(-c5ccccc5)c5c4B(c4oc6c(c4-5)C(C)(C)CCC6(C)C)c4oc5c(c43)C(C)(C)CCC5(C)C)coc21. The van der Waals surface area contributed by atoms with Gasteiger partial charge in [0.15, 0.2) is 0 Å². The molecule has 53 heavy (non-hydrogen) atoms. The summed E-state index contributed by atoms with van der Waals surface area (Å²) in [6, 6.07) is 15.8. The van der Waals surface area contributed by atoms with E-state index in [2.05, 4.69) is 137 Å². The van der Waals surface area contributed by atoms with E-state index in [0.717, 1.165) is 61.4 Å². The molecule has 2 aromatic carbocycles. The van der Waals surface area contributed by atoms with Crippen molar-refractivity contribution >= 4 is 40.6 Å². The molecule has 274 valence electrons. The van der Waals surface area contributed by atoms with Gasteiger partial charge >= 0.3 is 6.71 Å². The number of rotatable bonds is 2. The molecule has 0 bridgehead atoms. The molecule has 0 amide bonds. The number of anilines is 3. The summed E-state index contributed by atoms with van der Waals surface area (Å²) in [4.78, 5) is 2.60. The van der Waals surface area contributed by atoms with Crippen molar-refractivity contribution < 1.29 is 13.3 Å². The zero-order chi connectivity index (χ0) is 37.4. The molecule has 5 aromatic rings. The van der Waals surface area contributed by atoms with Crippen LogP contribution in [0.2, 0.25) is 0 Å². The van der Waals surface area contributed by atoms with Gasteiger partial charge in [0.1, 0.15) is 29.2 Å². The van der Waals surface area contributed by atoms with Gasteiger partial charge in [-0.05, 0) is 83.0 Å². The minimum atomic E-state index is -0.133. The van der Waals surface area contributed by atoms with Gasteiger partial charge in [0.25, 0.3) is 0 Å². The van der Waals surface area contributed by atoms with Crippen LogP contribution in [0.15, 0.2) is 62.0 Å². The molecule has 5 aliphatic rings. The van der Waals surface area contributed by atoms with Gasteiger partial charge in [-0.3, -0.25) is 0 Å². The summed E-state index contributed by atoms with van der Waals surface area (Å²) in [5, 5.41) is 0. The monoisotopic (exact) mass is 705 g/mol. The quantitative estimate of drug-likeness (QED) is 0.168. The standard InChI is InChI=1S/C48H56BNO3/c1-43(2)20-23-46(7,8)38-33(43)30(26-51-38)50-29-19-18-28(27-16-14-13-15-17-27)31-32-34-39(47(9,10)24-21-44(34,3)4)52-41(32)49(36(29)31)42-37(50)35-40(53-42)48(11,12)25-22-45(35,5)6/h13-19,26H,20-25H2,1-12H3. The number of hydrogen-bond acceptors (Lipinski definition) is 4. The molecular weight excluding hydrogens is 649 g/mol. The highest BCUT2D eigenvalue weighted by Gasteiger charge is 2.58. The van der Waals surface area contributed by atoms with Crippen LogP contribution in [0.3, 0.4) is 0 Å². The number of benzene rings is 2. The highest BCUT2D eigenvalue weighted by atomic mass is 16.4. The van der Waals surface area contributed by atoms with E-state index in [1.165, 1.54) is 67.2 Å². The molecular formula is C48H56BNO3. The normalized spacial score (nSPS) is 22.7. The maximum atomic E-state index is 7.54. The Balaban J connectivity index is 1.38. The van der Waals surface area contributed by atoms with E-state index < -0.39 is 0 Å². The van der Waals surface area contributed by atoms with Crippen molar-refractivity contribution in [2.24, 2.45) is 0 Å². The summed E-state index contributed by atoms with van der Waals surface area (Å²) in [5.41, 5.74) is 16.0. The Labute approximate surface area is 316 Å². The molecule has 3 aromatic heterocycles. The molecule has 0 atom stereocenters. The van der Waals surface area contributed by atoms with Crippen LogP contribution in [-0.4, -0.2) is 6.71 Å². The maximum Gasteiger partial charge on any atom is 0.338 e. The first-order valence-electron chi connectivity index (χ1n) is 20.3. The lowest BCUT2D eigenvalue weighted by molar-refractivity contribution is 0.278. The molecule has 0 N–H and O–H groups in total. The topological polar surface area (TPSA) is 42.7 Å². The first-order chi connectivity index (χ1) is 24.8. The summed E-state index contributed by atoms with van der Waals surface area (Å²) < 4.78 is 21.8. The van der Waals surface area contributed by atoms with E-state index in [1.807, 2.05) is 0 Å². The Morgan fingerprint density at radius 1 is 0.509 bits per heavy atom. The molecule has 3 aliphatic carbocycles. The predicted octanol–water partition coefficient (Wildman–Crippen LogP) is 11.5. The van der Waals surface area contributed by atoms with Gasteiger partial charge in [0.05, 0.1) is 17.0 Å². The second-order valence-electron chi connectivity index (χ2n) is 21.2. The van der Waals surface area contributed by atoms with Crippen molar-refractivity contribution in [1.82, 2.24) is 0 Å². The molecule has 0 unspecified atom stereocenters. The summed E-state index contributed by atoms with van der Waals surface area (Å²) in [6.07, 6.45) is 8.73.